The van der Waals surface area contributed by atoms with Gasteiger partial charge in [0.15, 0.2) is 0 Å². The Kier molecular flexibility index (Phi) is 3.98. The van der Waals surface area contributed by atoms with E-state index in [0.29, 0.717) is 12.2 Å². The maximum atomic E-state index is 11.8. The Morgan fingerprint density at radius 3 is 2.65 bits per heavy atom. The van der Waals surface area contributed by atoms with Crippen molar-refractivity contribution in [2.75, 3.05) is 13.7 Å². The van der Waals surface area contributed by atoms with E-state index in [4.69, 9.17) is 14.2 Å². The summed E-state index contributed by atoms with van der Waals surface area (Å²) in [5.41, 5.74) is 0.514. The molecule has 4 heteroatoms. The van der Waals surface area contributed by atoms with Gasteiger partial charge in [-0.2, -0.15) is 0 Å². The minimum Gasteiger partial charge on any atom is -0.497 e. The lowest BCUT2D eigenvalue weighted by atomic mass is 10.2. The molecule has 0 spiro atoms. The molecule has 1 aromatic carbocycles. The van der Waals surface area contributed by atoms with Crippen LogP contribution in [0.3, 0.4) is 0 Å². The van der Waals surface area contributed by atoms with Gasteiger partial charge in [-0.3, -0.25) is 0 Å². The second-order valence-electron chi connectivity index (χ2n) is 3.93. The van der Waals surface area contributed by atoms with E-state index in [1.165, 1.54) is 0 Å². The van der Waals surface area contributed by atoms with E-state index < -0.39 is 6.29 Å². The fourth-order valence-electron chi connectivity index (χ4n) is 1.72. The predicted molar refractivity (Wildman–Crippen MR) is 62.0 cm³/mol. The van der Waals surface area contributed by atoms with Crippen molar-refractivity contribution in [1.82, 2.24) is 0 Å². The summed E-state index contributed by atoms with van der Waals surface area (Å²) in [6.07, 6.45) is 2.47. The van der Waals surface area contributed by atoms with E-state index in [1.807, 2.05) is 0 Å². The molecule has 1 aliphatic heterocycles. The van der Waals surface area contributed by atoms with Crippen LogP contribution in [0.2, 0.25) is 0 Å². The smallest absolute Gasteiger partial charge is 0.340 e. The van der Waals surface area contributed by atoms with Crippen molar-refractivity contribution in [1.29, 1.82) is 0 Å². The first kappa shape index (κ1) is 11.9. The van der Waals surface area contributed by atoms with E-state index in [9.17, 15) is 4.79 Å². The zero-order valence-corrected chi connectivity index (χ0v) is 9.85. The monoisotopic (exact) mass is 236 g/mol. The first-order valence-electron chi connectivity index (χ1n) is 5.76. The van der Waals surface area contributed by atoms with Gasteiger partial charge in [0.1, 0.15) is 5.75 Å². The third-order valence-corrected chi connectivity index (χ3v) is 2.70. The second-order valence-corrected chi connectivity index (χ2v) is 3.93. The van der Waals surface area contributed by atoms with Crippen LogP contribution in [0.5, 0.6) is 5.75 Å². The third kappa shape index (κ3) is 3.20. The molecular formula is C13H16O4. The first-order valence-corrected chi connectivity index (χ1v) is 5.76. The zero-order valence-electron chi connectivity index (χ0n) is 9.85. The zero-order chi connectivity index (χ0) is 12.1. The quantitative estimate of drug-likeness (QED) is 0.756. The lowest BCUT2D eigenvalue weighted by Gasteiger charge is -2.22. The van der Waals surface area contributed by atoms with Gasteiger partial charge in [-0.15, -0.1) is 0 Å². The average molecular weight is 236 g/mol. The molecule has 1 atom stereocenters. The van der Waals surface area contributed by atoms with Crippen LogP contribution in [-0.4, -0.2) is 26.0 Å². The van der Waals surface area contributed by atoms with Gasteiger partial charge < -0.3 is 14.2 Å². The van der Waals surface area contributed by atoms with Crippen molar-refractivity contribution < 1.29 is 19.0 Å². The van der Waals surface area contributed by atoms with Gasteiger partial charge in [-0.25, -0.2) is 4.79 Å². The normalized spacial score (nSPS) is 19.7. The fourth-order valence-corrected chi connectivity index (χ4v) is 1.72. The van der Waals surface area contributed by atoms with Gasteiger partial charge >= 0.3 is 5.97 Å². The van der Waals surface area contributed by atoms with Gasteiger partial charge in [0.05, 0.1) is 19.3 Å². The average Bonchev–Trinajstić information content (AvgIpc) is 2.40. The molecule has 0 N–H and O–H groups in total. The highest BCUT2D eigenvalue weighted by atomic mass is 16.7. The lowest BCUT2D eigenvalue weighted by Crippen LogP contribution is -2.25. The Labute approximate surface area is 100 Å². The highest BCUT2D eigenvalue weighted by Crippen LogP contribution is 2.17. The summed E-state index contributed by atoms with van der Waals surface area (Å²) < 4.78 is 15.6. The first-order chi connectivity index (χ1) is 8.29. The van der Waals surface area contributed by atoms with Gasteiger partial charge in [0.2, 0.25) is 6.29 Å². The molecule has 0 aliphatic carbocycles. The summed E-state index contributed by atoms with van der Waals surface area (Å²) in [5.74, 6) is 0.370. The van der Waals surface area contributed by atoms with E-state index in [2.05, 4.69) is 0 Å². The van der Waals surface area contributed by atoms with Crippen LogP contribution < -0.4 is 4.74 Å². The van der Waals surface area contributed by atoms with Crippen LogP contribution in [0.25, 0.3) is 0 Å². The predicted octanol–water partition coefficient (Wildman–Crippen LogP) is 2.38. The van der Waals surface area contributed by atoms with Crippen molar-refractivity contribution in [3.05, 3.63) is 29.8 Å². The van der Waals surface area contributed by atoms with E-state index in [1.54, 1.807) is 31.4 Å². The lowest BCUT2D eigenvalue weighted by molar-refractivity contribution is -0.130. The Hall–Kier alpha value is -1.55. The van der Waals surface area contributed by atoms with Crippen molar-refractivity contribution in [3.8, 4) is 5.75 Å². The largest absolute Gasteiger partial charge is 0.497 e. The van der Waals surface area contributed by atoms with Crippen molar-refractivity contribution in [2.45, 2.75) is 25.6 Å². The molecule has 0 bridgehead atoms. The summed E-state index contributed by atoms with van der Waals surface area (Å²) in [7, 11) is 1.59. The molecule has 1 unspecified atom stereocenters. The molecule has 1 fully saturated rings. The summed E-state index contributed by atoms with van der Waals surface area (Å²) in [6, 6.07) is 6.84. The maximum Gasteiger partial charge on any atom is 0.340 e. The molecule has 0 saturated carbocycles. The Morgan fingerprint density at radius 2 is 2.06 bits per heavy atom. The van der Waals surface area contributed by atoms with Crippen LogP contribution in [0.15, 0.2) is 24.3 Å². The minimum absolute atomic E-state index is 0.348. The number of esters is 1. The van der Waals surface area contributed by atoms with Gasteiger partial charge in [-0.05, 0) is 37.1 Å². The molecule has 0 radical (unpaired) electrons. The molecule has 1 aliphatic rings. The molecule has 1 heterocycles. The molecule has 17 heavy (non-hydrogen) atoms. The highest BCUT2D eigenvalue weighted by Gasteiger charge is 2.19. The molecule has 0 amide bonds. The molecule has 0 aromatic heterocycles. The van der Waals surface area contributed by atoms with Gasteiger partial charge in [0.25, 0.3) is 0 Å². The third-order valence-electron chi connectivity index (χ3n) is 2.70. The van der Waals surface area contributed by atoms with Gasteiger partial charge in [-0.1, -0.05) is 0 Å². The molecule has 2 rings (SSSR count). The number of hydrogen-bond acceptors (Lipinski definition) is 4. The topological polar surface area (TPSA) is 44.8 Å². The fraction of sp³-hybridized carbons (Fsp3) is 0.462. The number of carbonyl (C=O) groups is 1. The van der Waals surface area contributed by atoms with Gasteiger partial charge in [0, 0.05) is 6.42 Å². The number of methoxy groups -OCH3 is 1. The molecular weight excluding hydrogens is 220 g/mol. The van der Waals surface area contributed by atoms with Crippen LogP contribution in [0.1, 0.15) is 29.6 Å². The van der Waals surface area contributed by atoms with Crippen molar-refractivity contribution in [3.63, 3.8) is 0 Å². The Morgan fingerprint density at radius 1 is 1.29 bits per heavy atom. The summed E-state index contributed by atoms with van der Waals surface area (Å²) in [6.45, 7) is 0.667. The van der Waals surface area contributed by atoms with E-state index in [-0.39, 0.29) is 5.97 Å². The van der Waals surface area contributed by atoms with E-state index >= 15 is 0 Å². The summed E-state index contributed by atoms with van der Waals surface area (Å²) in [4.78, 5) is 11.8. The van der Waals surface area contributed by atoms with Crippen LogP contribution in [0, 0.1) is 0 Å². The van der Waals surface area contributed by atoms with E-state index in [0.717, 1.165) is 25.0 Å². The van der Waals surface area contributed by atoms with Crippen LogP contribution in [-0.2, 0) is 9.47 Å². The second kappa shape index (κ2) is 5.68. The number of carbonyl (C=O) groups excluding carboxylic acids is 1. The molecule has 92 valence electrons. The summed E-state index contributed by atoms with van der Waals surface area (Å²) in [5, 5.41) is 0. The Balaban J connectivity index is 1.93. The number of ether oxygens (including phenoxy) is 3. The number of benzene rings is 1. The SMILES string of the molecule is COc1ccc(C(=O)OC2CCCCO2)cc1. The summed E-state index contributed by atoms with van der Waals surface area (Å²) >= 11 is 0. The molecule has 1 saturated heterocycles. The standard InChI is InChI=1S/C13H16O4/c1-15-11-7-5-10(6-8-11)13(14)17-12-4-2-3-9-16-12/h5-8,12H,2-4,9H2,1H3. The van der Waals surface area contributed by atoms with Crippen LogP contribution >= 0.6 is 0 Å². The van der Waals surface area contributed by atoms with Crippen LogP contribution in [0.4, 0.5) is 0 Å². The van der Waals surface area contributed by atoms with Crippen molar-refractivity contribution >= 4 is 5.97 Å². The number of hydrogen-bond donors (Lipinski definition) is 0. The van der Waals surface area contributed by atoms with Crippen molar-refractivity contribution in [2.24, 2.45) is 0 Å². The minimum atomic E-state index is -0.390. The number of rotatable bonds is 3. The molecule has 1 aromatic rings. The maximum absolute atomic E-state index is 11.8. The highest BCUT2D eigenvalue weighted by molar-refractivity contribution is 5.89. The Bertz CT molecular complexity index is 366. The molecule has 4 nitrogen and oxygen atoms in total.